The molecular weight excluding hydrogens is 243 g/mol. The van der Waals surface area contributed by atoms with Crippen molar-refractivity contribution in [1.82, 2.24) is 10.6 Å². The molecule has 1 fully saturated rings. The summed E-state index contributed by atoms with van der Waals surface area (Å²) >= 11 is 0. The smallest absolute Gasteiger partial charge is 0.251 e. The van der Waals surface area contributed by atoms with E-state index in [2.05, 4.69) is 10.6 Å². The Morgan fingerprint density at radius 1 is 1.21 bits per heavy atom. The highest BCUT2D eigenvalue weighted by Crippen LogP contribution is 2.19. The van der Waals surface area contributed by atoms with E-state index in [1.165, 1.54) is 6.07 Å². The van der Waals surface area contributed by atoms with Crippen LogP contribution in [0.1, 0.15) is 41.6 Å². The van der Waals surface area contributed by atoms with E-state index in [0.29, 0.717) is 17.2 Å². The Hall–Kier alpha value is -1.42. The number of amides is 1. The number of halogens is 1. The van der Waals surface area contributed by atoms with Gasteiger partial charge in [0, 0.05) is 17.6 Å². The van der Waals surface area contributed by atoms with E-state index in [4.69, 9.17) is 0 Å². The Morgan fingerprint density at radius 3 is 2.42 bits per heavy atom. The Labute approximate surface area is 113 Å². The largest absolute Gasteiger partial charge is 0.349 e. The predicted octanol–water partition coefficient (Wildman–Crippen LogP) is 2.39. The van der Waals surface area contributed by atoms with Gasteiger partial charge in [-0.25, -0.2) is 4.39 Å². The lowest BCUT2D eigenvalue weighted by molar-refractivity contribution is 0.0924. The first kappa shape index (κ1) is 14.0. The quantitative estimate of drug-likeness (QED) is 0.880. The molecule has 0 radical (unpaired) electrons. The highest BCUT2D eigenvalue weighted by atomic mass is 19.1. The third kappa shape index (κ3) is 3.53. The van der Waals surface area contributed by atoms with Gasteiger partial charge in [0.1, 0.15) is 5.82 Å². The minimum absolute atomic E-state index is 0.174. The van der Waals surface area contributed by atoms with Gasteiger partial charge in [-0.05, 0) is 57.4 Å². The van der Waals surface area contributed by atoms with Gasteiger partial charge in [0.2, 0.25) is 0 Å². The minimum Gasteiger partial charge on any atom is -0.349 e. The second-order valence-electron chi connectivity index (χ2n) is 5.27. The van der Waals surface area contributed by atoms with Gasteiger partial charge in [0.15, 0.2) is 0 Å². The summed E-state index contributed by atoms with van der Waals surface area (Å²) in [6.07, 6.45) is 4.10. The molecule has 0 heterocycles. The van der Waals surface area contributed by atoms with Crippen LogP contribution in [0.3, 0.4) is 0 Å². The number of carbonyl (C=O) groups is 1. The lowest BCUT2D eigenvalue weighted by Crippen LogP contribution is -2.41. The van der Waals surface area contributed by atoms with Crippen molar-refractivity contribution in [2.45, 2.75) is 44.7 Å². The first-order valence-corrected chi connectivity index (χ1v) is 6.84. The Kier molecular flexibility index (Phi) is 4.53. The van der Waals surface area contributed by atoms with Crippen molar-refractivity contribution >= 4 is 5.91 Å². The second-order valence-corrected chi connectivity index (χ2v) is 5.27. The standard InChI is InChI=1S/C15H21FN2O/c1-10-3-4-11(9-14(10)16)15(19)18-13-7-5-12(17-2)6-8-13/h3-4,9,12-13,17H,5-8H2,1-2H3,(H,18,19). The average molecular weight is 264 g/mol. The number of carbonyl (C=O) groups excluding carboxylic acids is 1. The van der Waals surface area contributed by atoms with Crippen molar-refractivity contribution in [3.63, 3.8) is 0 Å². The van der Waals surface area contributed by atoms with Crippen LogP contribution in [0.15, 0.2) is 18.2 Å². The molecule has 1 aromatic carbocycles. The maximum atomic E-state index is 13.4. The molecule has 3 nitrogen and oxygen atoms in total. The summed E-state index contributed by atoms with van der Waals surface area (Å²) in [4.78, 5) is 12.0. The van der Waals surface area contributed by atoms with Crippen molar-refractivity contribution in [2.24, 2.45) is 0 Å². The van der Waals surface area contributed by atoms with E-state index in [1.54, 1.807) is 19.1 Å². The van der Waals surface area contributed by atoms with Gasteiger partial charge < -0.3 is 10.6 Å². The summed E-state index contributed by atoms with van der Waals surface area (Å²) in [5.74, 6) is -0.502. The van der Waals surface area contributed by atoms with Crippen molar-refractivity contribution in [1.29, 1.82) is 0 Å². The van der Waals surface area contributed by atoms with Crippen LogP contribution in [0.25, 0.3) is 0 Å². The lowest BCUT2D eigenvalue weighted by Gasteiger charge is -2.28. The van der Waals surface area contributed by atoms with Crippen LogP contribution in [-0.2, 0) is 0 Å². The molecule has 2 rings (SSSR count). The fourth-order valence-electron chi connectivity index (χ4n) is 2.53. The first-order chi connectivity index (χ1) is 9.10. The molecule has 1 aromatic rings. The molecule has 0 atom stereocenters. The first-order valence-electron chi connectivity index (χ1n) is 6.84. The van der Waals surface area contributed by atoms with Crippen molar-refractivity contribution < 1.29 is 9.18 Å². The highest BCUT2D eigenvalue weighted by molar-refractivity contribution is 5.94. The van der Waals surface area contributed by atoms with Crippen LogP contribution >= 0.6 is 0 Å². The molecule has 0 unspecified atom stereocenters. The SMILES string of the molecule is CNC1CCC(NC(=O)c2ccc(C)c(F)c2)CC1. The van der Waals surface area contributed by atoms with Gasteiger partial charge in [-0.1, -0.05) is 6.07 Å². The van der Waals surface area contributed by atoms with Crippen LogP contribution in [0, 0.1) is 12.7 Å². The molecule has 1 aliphatic carbocycles. The summed E-state index contributed by atoms with van der Waals surface area (Å²) in [5.41, 5.74) is 0.963. The van der Waals surface area contributed by atoms with E-state index in [0.717, 1.165) is 25.7 Å². The molecule has 0 aromatic heterocycles. The highest BCUT2D eigenvalue weighted by Gasteiger charge is 2.21. The van der Waals surface area contributed by atoms with Crippen LogP contribution < -0.4 is 10.6 Å². The normalized spacial score (nSPS) is 23.1. The van der Waals surface area contributed by atoms with Gasteiger partial charge in [-0.3, -0.25) is 4.79 Å². The second kappa shape index (κ2) is 6.15. The molecule has 0 saturated heterocycles. The zero-order valence-corrected chi connectivity index (χ0v) is 11.5. The number of hydrogen-bond donors (Lipinski definition) is 2. The lowest BCUT2D eigenvalue weighted by atomic mass is 9.91. The summed E-state index contributed by atoms with van der Waals surface area (Å²) < 4.78 is 13.4. The molecule has 2 N–H and O–H groups in total. The summed E-state index contributed by atoms with van der Waals surface area (Å²) in [6.45, 7) is 1.69. The topological polar surface area (TPSA) is 41.1 Å². The zero-order chi connectivity index (χ0) is 13.8. The van der Waals surface area contributed by atoms with Gasteiger partial charge in [0.25, 0.3) is 5.91 Å². The molecule has 0 spiro atoms. The van der Waals surface area contributed by atoms with Crippen LogP contribution in [0.2, 0.25) is 0 Å². The van der Waals surface area contributed by atoms with Crippen molar-refractivity contribution in [3.05, 3.63) is 35.1 Å². The molecule has 104 valence electrons. The summed E-state index contributed by atoms with van der Waals surface area (Å²) in [6, 6.07) is 5.39. The molecule has 0 bridgehead atoms. The molecular formula is C15H21FN2O. The van der Waals surface area contributed by atoms with Crippen molar-refractivity contribution in [2.75, 3.05) is 7.05 Å². The Balaban J connectivity index is 1.92. The van der Waals surface area contributed by atoms with E-state index in [1.807, 2.05) is 7.05 Å². The maximum absolute atomic E-state index is 13.4. The average Bonchev–Trinajstić information content (AvgIpc) is 2.42. The third-order valence-electron chi connectivity index (χ3n) is 3.90. The molecule has 1 amide bonds. The maximum Gasteiger partial charge on any atom is 0.251 e. The minimum atomic E-state index is -0.327. The van der Waals surface area contributed by atoms with E-state index in [-0.39, 0.29) is 17.8 Å². The van der Waals surface area contributed by atoms with E-state index >= 15 is 0 Å². The number of nitrogens with one attached hydrogen (secondary N) is 2. The van der Waals surface area contributed by atoms with Gasteiger partial charge in [-0.15, -0.1) is 0 Å². The number of benzene rings is 1. The number of aryl methyl sites for hydroxylation is 1. The Morgan fingerprint density at radius 2 is 1.84 bits per heavy atom. The summed E-state index contributed by atoms with van der Waals surface area (Å²) in [5, 5.41) is 6.25. The fraction of sp³-hybridized carbons (Fsp3) is 0.533. The van der Waals surface area contributed by atoms with Gasteiger partial charge in [-0.2, -0.15) is 0 Å². The van der Waals surface area contributed by atoms with E-state index < -0.39 is 0 Å². The summed E-state index contributed by atoms with van der Waals surface area (Å²) in [7, 11) is 1.97. The zero-order valence-electron chi connectivity index (χ0n) is 11.5. The predicted molar refractivity (Wildman–Crippen MR) is 73.7 cm³/mol. The third-order valence-corrected chi connectivity index (χ3v) is 3.90. The van der Waals surface area contributed by atoms with Crippen LogP contribution in [0.5, 0.6) is 0 Å². The molecule has 1 saturated carbocycles. The van der Waals surface area contributed by atoms with E-state index in [9.17, 15) is 9.18 Å². The monoisotopic (exact) mass is 264 g/mol. The fourth-order valence-corrected chi connectivity index (χ4v) is 2.53. The van der Waals surface area contributed by atoms with Gasteiger partial charge in [0.05, 0.1) is 0 Å². The van der Waals surface area contributed by atoms with Crippen LogP contribution in [0.4, 0.5) is 4.39 Å². The molecule has 4 heteroatoms. The molecule has 1 aliphatic rings. The molecule has 19 heavy (non-hydrogen) atoms. The number of rotatable bonds is 3. The number of hydrogen-bond acceptors (Lipinski definition) is 2. The molecule has 0 aliphatic heterocycles. The Bertz CT molecular complexity index is 453. The van der Waals surface area contributed by atoms with Crippen molar-refractivity contribution in [3.8, 4) is 0 Å². The van der Waals surface area contributed by atoms with Crippen LogP contribution in [-0.4, -0.2) is 25.0 Å². The van der Waals surface area contributed by atoms with Gasteiger partial charge >= 0.3 is 0 Å².